The van der Waals surface area contributed by atoms with E-state index in [4.69, 9.17) is 10.8 Å². The highest BCUT2D eigenvalue weighted by atomic mass is 19.4. The van der Waals surface area contributed by atoms with Gasteiger partial charge < -0.3 is 10.8 Å². The summed E-state index contributed by atoms with van der Waals surface area (Å²) in [5, 5.41) is 19.1. The van der Waals surface area contributed by atoms with Crippen LogP contribution in [0.25, 0.3) is 0 Å². The fourth-order valence-electron chi connectivity index (χ4n) is 1.23. The number of nitrogens with two attached hydrogens (primary N) is 1. The number of carboxylic acids is 1. The lowest BCUT2D eigenvalue weighted by Crippen LogP contribution is -2.21. The molecule has 1 unspecified atom stereocenters. The maximum Gasteiger partial charge on any atom is 0.416 e. The van der Waals surface area contributed by atoms with Crippen molar-refractivity contribution in [2.24, 2.45) is 5.73 Å². The zero-order chi connectivity index (χ0) is 14.1. The van der Waals surface area contributed by atoms with Crippen molar-refractivity contribution >= 4 is 11.7 Å². The summed E-state index contributed by atoms with van der Waals surface area (Å²) in [5.41, 5.74) is 2.47. The van der Waals surface area contributed by atoms with Crippen LogP contribution in [0.1, 0.15) is 17.2 Å². The summed E-state index contributed by atoms with van der Waals surface area (Å²) in [6.45, 7) is 0. The molecule has 6 nitrogen and oxygen atoms in total. The van der Waals surface area contributed by atoms with E-state index in [1.807, 2.05) is 0 Å². The Labute approximate surface area is 98.0 Å². The standard InChI is InChI=1S/C9H7F3N2O4/c10-9(11,12)5-1-4(7(13)8(15)16)2-6(3-5)14(17)18/h1-3,7H,13H2,(H,15,16). The number of aliphatic carboxylic acids is 1. The van der Waals surface area contributed by atoms with Gasteiger partial charge in [0.25, 0.3) is 5.69 Å². The van der Waals surface area contributed by atoms with E-state index >= 15 is 0 Å². The molecule has 0 heterocycles. The highest BCUT2D eigenvalue weighted by Crippen LogP contribution is 2.33. The molecular formula is C9H7F3N2O4. The summed E-state index contributed by atoms with van der Waals surface area (Å²) in [6, 6.07) is -0.260. The van der Waals surface area contributed by atoms with Crippen LogP contribution in [0.4, 0.5) is 18.9 Å². The molecule has 0 spiro atoms. The Kier molecular flexibility index (Phi) is 3.56. The average Bonchev–Trinajstić information content (AvgIpc) is 2.26. The normalized spacial score (nSPS) is 13.1. The van der Waals surface area contributed by atoms with E-state index in [0.717, 1.165) is 0 Å². The van der Waals surface area contributed by atoms with Crippen molar-refractivity contribution in [2.45, 2.75) is 12.2 Å². The zero-order valence-electron chi connectivity index (χ0n) is 8.64. The van der Waals surface area contributed by atoms with Crippen LogP contribution >= 0.6 is 0 Å². The molecule has 1 aromatic carbocycles. The van der Waals surface area contributed by atoms with Gasteiger partial charge in [0.1, 0.15) is 6.04 Å². The van der Waals surface area contributed by atoms with Crippen molar-refractivity contribution in [1.29, 1.82) is 0 Å². The molecule has 0 radical (unpaired) electrons. The van der Waals surface area contributed by atoms with E-state index in [2.05, 4.69) is 0 Å². The first-order valence-electron chi connectivity index (χ1n) is 4.48. The predicted molar refractivity (Wildman–Crippen MR) is 52.7 cm³/mol. The smallest absolute Gasteiger partial charge is 0.416 e. The van der Waals surface area contributed by atoms with Gasteiger partial charge in [-0.25, -0.2) is 0 Å². The van der Waals surface area contributed by atoms with Gasteiger partial charge in [0.05, 0.1) is 10.5 Å². The number of hydrogen-bond donors (Lipinski definition) is 2. The fraction of sp³-hybridized carbons (Fsp3) is 0.222. The van der Waals surface area contributed by atoms with Crippen molar-refractivity contribution in [3.05, 3.63) is 39.4 Å². The summed E-state index contributed by atoms with van der Waals surface area (Å²) in [5.74, 6) is -1.58. The molecule has 0 saturated carbocycles. The molecule has 98 valence electrons. The van der Waals surface area contributed by atoms with Crippen molar-refractivity contribution in [2.75, 3.05) is 0 Å². The van der Waals surface area contributed by atoms with Gasteiger partial charge in [0.2, 0.25) is 0 Å². The number of nitrogens with zero attached hydrogens (tertiary/aromatic N) is 1. The van der Waals surface area contributed by atoms with Crippen LogP contribution in [-0.4, -0.2) is 16.0 Å². The minimum Gasteiger partial charge on any atom is -0.480 e. The average molecular weight is 264 g/mol. The van der Waals surface area contributed by atoms with Gasteiger partial charge in [-0.3, -0.25) is 14.9 Å². The second-order valence-corrected chi connectivity index (χ2v) is 3.38. The molecule has 18 heavy (non-hydrogen) atoms. The van der Waals surface area contributed by atoms with Gasteiger partial charge in [-0.2, -0.15) is 13.2 Å². The summed E-state index contributed by atoms with van der Waals surface area (Å²) in [7, 11) is 0. The van der Waals surface area contributed by atoms with Gasteiger partial charge in [-0.15, -0.1) is 0 Å². The van der Waals surface area contributed by atoms with Gasteiger partial charge in [-0.05, 0) is 11.6 Å². The largest absolute Gasteiger partial charge is 0.480 e. The summed E-state index contributed by atoms with van der Waals surface area (Å²) < 4.78 is 37.4. The van der Waals surface area contributed by atoms with Crippen molar-refractivity contribution in [3.8, 4) is 0 Å². The molecule has 3 N–H and O–H groups in total. The molecule has 1 rings (SSSR count). The number of halogens is 3. The minimum absolute atomic E-state index is 0.318. The Morgan fingerprint density at radius 3 is 2.33 bits per heavy atom. The first-order valence-corrected chi connectivity index (χ1v) is 4.48. The third kappa shape index (κ3) is 2.94. The minimum atomic E-state index is -4.82. The van der Waals surface area contributed by atoms with Crippen LogP contribution in [0.3, 0.4) is 0 Å². The lowest BCUT2D eigenvalue weighted by atomic mass is 10.0. The van der Waals surface area contributed by atoms with E-state index in [-0.39, 0.29) is 0 Å². The van der Waals surface area contributed by atoms with Crippen molar-refractivity contribution < 1.29 is 28.0 Å². The Bertz CT molecular complexity index is 501. The molecule has 0 aromatic heterocycles. The summed E-state index contributed by atoms with van der Waals surface area (Å²) in [4.78, 5) is 20.0. The highest BCUT2D eigenvalue weighted by Gasteiger charge is 2.33. The topological polar surface area (TPSA) is 106 Å². The monoisotopic (exact) mass is 264 g/mol. The number of nitro groups is 1. The number of carboxylic acid groups (broad SMARTS) is 1. The molecule has 0 aliphatic rings. The molecule has 0 saturated heterocycles. The fourth-order valence-corrected chi connectivity index (χ4v) is 1.23. The Morgan fingerprint density at radius 2 is 1.94 bits per heavy atom. The van der Waals surface area contributed by atoms with E-state index in [1.165, 1.54) is 0 Å². The third-order valence-corrected chi connectivity index (χ3v) is 2.10. The number of alkyl halides is 3. The molecule has 0 fully saturated rings. The van der Waals surface area contributed by atoms with E-state index < -0.39 is 39.9 Å². The van der Waals surface area contributed by atoms with Crippen LogP contribution in [0.15, 0.2) is 18.2 Å². The highest BCUT2D eigenvalue weighted by molar-refractivity contribution is 5.75. The Balaban J connectivity index is 3.40. The van der Waals surface area contributed by atoms with Gasteiger partial charge in [0.15, 0.2) is 0 Å². The van der Waals surface area contributed by atoms with Crippen LogP contribution in [-0.2, 0) is 11.0 Å². The number of hydrogen-bond acceptors (Lipinski definition) is 4. The molecule has 1 atom stereocenters. The SMILES string of the molecule is NC(C(=O)O)c1cc([N+](=O)[O-])cc(C(F)(F)F)c1. The maximum atomic E-state index is 12.5. The Hall–Kier alpha value is -2.16. The first kappa shape index (κ1) is 13.9. The van der Waals surface area contributed by atoms with Gasteiger partial charge in [0, 0.05) is 12.1 Å². The number of non-ortho nitro benzene ring substituents is 1. The van der Waals surface area contributed by atoms with E-state index in [0.29, 0.717) is 18.2 Å². The second-order valence-electron chi connectivity index (χ2n) is 3.38. The molecule has 0 amide bonds. The maximum absolute atomic E-state index is 12.5. The second kappa shape index (κ2) is 4.61. The van der Waals surface area contributed by atoms with E-state index in [9.17, 15) is 28.1 Å². The van der Waals surface area contributed by atoms with Crippen LogP contribution in [0.2, 0.25) is 0 Å². The third-order valence-electron chi connectivity index (χ3n) is 2.10. The lowest BCUT2D eigenvalue weighted by Gasteiger charge is -2.11. The summed E-state index contributed by atoms with van der Waals surface area (Å²) >= 11 is 0. The lowest BCUT2D eigenvalue weighted by molar-refractivity contribution is -0.385. The van der Waals surface area contributed by atoms with Crippen LogP contribution < -0.4 is 5.73 Å². The number of carbonyl (C=O) groups is 1. The number of benzene rings is 1. The van der Waals surface area contributed by atoms with Crippen molar-refractivity contribution in [3.63, 3.8) is 0 Å². The molecular weight excluding hydrogens is 257 g/mol. The van der Waals surface area contributed by atoms with Gasteiger partial charge in [-0.1, -0.05) is 0 Å². The van der Waals surface area contributed by atoms with Crippen molar-refractivity contribution in [1.82, 2.24) is 0 Å². The molecule has 9 heteroatoms. The number of rotatable bonds is 3. The molecule has 0 aliphatic heterocycles. The van der Waals surface area contributed by atoms with Crippen LogP contribution in [0, 0.1) is 10.1 Å². The van der Waals surface area contributed by atoms with E-state index in [1.54, 1.807) is 0 Å². The number of nitro benzene ring substituents is 1. The van der Waals surface area contributed by atoms with Crippen LogP contribution in [0.5, 0.6) is 0 Å². The summed E-state index contributed by atoms with van der Waals surface area (Å²) in [6.07, 6.45) is -4.82. The quantitative estimate of drug-likeness (QED) is 0.638. The molecule has 0 aliphatic carbocycles. The van der Waals surface area contributed by atoms with Gasteiger partial charge >= 0.3 is 12.1 Å². The first-order chi connectivity index (χ1) is 8.12. The molecule has 0 bridgehead atoms. The predicted octanol–water partition coefficient (Wildman–Crippen LogP) is 1.70. The zero-order valence-corrected chi connectivity index (χ0v) is 8.64. The Morgan fingerprint density at radius 1 is 1.39 bits per heavy atom. The molecule has 1 aromatic rings.